The number of nitrogens with zero attached hydrogens (tertiary/aromatic N) is 3. The molecule has 3 rings (SSSR count). The average molecular weight is 382 g/mol. The summed E-state index contributed by atoms with van der Waals surface area (Å²) < 4.78 is 6.48. The quantitative estimate of drug-likeness (QED) is 0.459. The normalized spacial score (nSPS) is 19.3. The third-order valence-corrected chi connectivity index (χ3v) is 5.95. The molecule has 2 heterocycles. The van der Waals surface area contributed by atoms with Gasteiger partial charge >= 0.3 is 0 Å². The zero-order valence-electron chi connectivity index (χ0n) is 16.5. The molecule has 1 aliphatic heterocycles. The van der Waals surface area contributed by atoms with Gasteiger partial charge in [0.1, 0.15) is 5.60 Å². The van der Waals surface area contributed by atoms with Crippen LogP contribution in [-0.4, -0.2) is 21.5 Å². The Morgan fingerprint density at radius 2 is 1.96 bits per heavy atom. The highest BCUT2D eigenvalue weighted by Gasteiger charge is 2.35. The van der Waals surface area contributed by atoms with Gasteiger partial charge in [-0.25, -0.2) is 15.0 Å². The molecule has 0 radical (unpaired) electrons. The maximum absolute atomic E-state index is 6.48. The molecule has 0 unspecified atom stereocenters. The Morgan fingerprint density at radius 3 is 2.67 bits per heavy atom. The molecule has 0 saturated carbocycles. The number of benzene rings is 1. The molecule has 4 nitrogen and oxygen atoms in total. The first-order valence-corrected chi connectivity index (χ1v) is 10.4. The molecule has 0 amide bonds. The highest BCUT2D eigenvalue weighted by molar-refractivity contribution is 8.02. The van der Waals surface area contributed by atoms with E-state index in [9.17, 15) is 0 Å². The van der Waals surface area contributed by atoms with E-state index in [1.807, 2.05) is 31.2 Å². The lowest BCUT2D eigenvalue weighted by Crippen LogP contribution is -2.38. The molecule has 27 heavy (non-hydrogen) atoms. The summed E-state index contributed by atoms with van der Waals surface area (Å²) in [5, 5.41) is 2.85. The van der Waals surface area contributed by atoms with E-state index in [4.69, 9.17) is 9.73 Å². The van der Waals surface area contributed by atoms with Crippen molar-refractivity contribution in [3.63, 3.8) is 0 Å². The predicted molar refractivity (Wildman–Crippen MR) is 113 cm³/mol. The van der Waals surface area contributed by atoms with Crippen LogP contribution in [0, 0.1) is 13.8 Å². The van der Waals surface area contributed by atoms with E-state index in [2.05, 4.69) is 42.2 Å². The van der Waals surface area contributed by atoms with Crippen LogP contribution in [0.1, 0.15) is 50.8 Å². The van der Waals surface area contributed by atoms with E-state index in [1.54, 1.807) is 6.20 Å². The molecule has 1 aliphatic rings. The van der Waals surface area contributed by atoms with E-state index < -0.39 is 0 Å². The second-order valence-electron chi connectivity index (χ2n) is 6.94. The van der Waals surface area contributed by atoms with Gasteiger partial charge in [-0.05, 0) is 62.6 Å². The van der Waals surface area contributed by atoms with E-state index in [0.717, 1.165) is 59.3 Å². The minimum absolute atomic E-state index is 0.122. The molecule has 0 spiro atoms. The lowest BCUT2D eigenvalue weighted by atomic mass is 9.87. The van der Waals surface area contributed by atoms with Crippen LogP contribution >= 0.6 is 11.8 Å². The van der Waals surface area contributed by atoms with Gasteiger partial charge in [0.05, 0.1) is 5.69 Å². The number of hydrogen-bond acceptors (Lipinski definition) is 5. The summed E-state index contributed by atoms with van der Waals surface area (Å²) in [6.07, 6.45) is 5.72. The van der Waals surface area contributed by atoms with Gasteiger partial charge in [-0.3, -0.25) is 0 Å². The number of hydrogen-bond donors (Lipinski definition) is 0. The first kappa shape index (κ1) is 19.6. The summed E-state index contributed by atoms with van der Waals surface area (Å²) in [4.78, 5) is 13.7. The van der Waals surface area contributed by atoms with E-state index in [1.165, 1.54) is 11.8 Å². The number of aryl methyl sites for hydroxylation is 2. The standard InChI is InChI=1S/C22H27N3OS/c1-5-22(6-2)13-11-18(15-27-21-23-14-12-17(4)24-21)20(26-22)25-19-10-8-7-9-16(19)3/h7-10,12,14-15H,5-6,11,13H2,1-4H3/b18-15+,25-20?. The Kier molecular flexibility index (Phi) is 6.32. The second-order valence-corrected chi connectivity index (χ2v) is 7.77. The van der Waals surface area contributed by atoms with Crippen molar-refractivity contribution in [3.8, 4) is 0 Å². The third-order valence-electron chi connectivity index (χ3n) is 5.14. The SMILES string of the molecule is CCC1(CC)CC/C(=C\Sc2nccc(C)n2)C(=Nc2ccccc2C)O1. The summed E-state index contributed by atoms with van der Waals surface area (Å²) in [5.41, 5.74) is 4.06. The lowest BCUT2D eigenvalue weighted by Gasteiger charge is -2.38. The van der Waals surface area contributed by atoms with Gasteiger partial charge < -0.3 is 4.74 Å². The van der Waals surface area contributed by atoms with Crippen LogP contribution in [0.4, 0.5) is 5.69 Å². The van der Waals surface area contributed by atoms with Gasteiger partial charge in [0.2, 0.25) is 5.90 Å². The van der Waals surface area contributed by atoms with Gasteiger partial charge in [-0.15, -0.1) is 0 Å². The monoisotopic (exact) mass is 381 g/mol. The number of aliphatic imine (C=N–C) groups is 1. The lowest BCUT2D eigenvalue weighted by molar-refractivity contribution is 0.0282. The molecule has 142 valence electrons. The smallest absolute Gasteiger partial charge is 0.218 e. The molecule has 0 aliphatic carbocycles. The van der Waals surface area contributed by atoms with Crippen LogP contribution < -0.4 is 0 Å². The van der Waals surface area contributed by atoms with Crippen LogP contribution in [0.2, 0.25) is 0 Å². The molecule has 1 fully saturated rings. The third kappa shape index (κ3) is 4.78. The zero-order chi connectivity index (χ0) is 19.3. The van der Waals surface area contributed by atoms with Crippen molar-refractivity contribution in [1.29, 1.82) is 0 Å². The van der Waals surface area contributed by atoms with Crippen LogP contribution in [0.25, 0.3) is 0 Å². The minimum Gasteiger partial charge on any atom is -0.471 e. The number of ether oxygens (including phenoxy) is 1. The number of thioether (sulfide) groups is 1. The Bertz CT molecular complexity index is 856. The topological polar surface area (TPSA) is 47.4 Å². The van der Waals surface area contributed by atoms with Crippen LogP contribution in [-0.2, 0) is 4.74 Å². The molecular formula is C22H27N3OS. The van der Waals surface area contributed by atoms with Gasteiger partial charge in [0.25, 0.3) is 0 Å². The Morgan fingerprint density at radius 1 is 1.19 bits per heavy atom. The van der Waals surface area contributed by atoms with E-state index in [0.29, 0.717) is 0 Å². The Labute approximate surface area is 166 Å². The molecule has 1 aromatic heterocycles. The number of para-hydroxylation sites is 1. The maximum Gasteiger partial charge on any atom is 0.218 e. The summed E-state index contributed by atoms with van der Waals surface area (Å²) in [7, 11) is 0. The number of aromatic nitrogens is 2. The largest absolute Gasteiger partial charge is 0.471 e. The van der Waals surface area contributed by atoms with Gasteiger partial charge in [0, 0.05) is 17.5 Å². The highest BCUT2D eigenvalue weighted by Crippen LogP contribution is 2.37. The molecule has 0 atom stereocenters. The number of rotatable bonds is 5. The van der Waals surface area contributed by atoms with Crippen molar-refractivity contribution in [1.82, 2.24) is 9.97 Å². The van der Waals surface area contributed by atoms with Crippen molar-refractivity contribution in [3.05, 3.63) is 58.8 Å². The molecule has 5 heteroatoms. The molecule has 0 bridgehead atoms. The fraction of sp³-hybridized carbons (Fsp3) is 0.409. The van der Waals surface area contributed by atoms with E-state index in [-0.39, 0.29) is 5.60 Å². The summed E-state index contributed by atoms with van der Waals surface area (Å²) >= 11 is 1.53. The van der Waals surface area contributed by atoms with Crippen LogP contribution in [0.3, 0.4) is 0 Å². The molecular weight excluding hydrogens is 354 g/mol. The van der Waals surface area contributed by atoms with Crippen LogP contribution in [0.5, 0.6) is 0 Å². The zero-order valence-corrected chi connectivity index (χ0v) is 17.3. The average Bonchev–Trinajstić information content (AvgIpc) is 2.69. The molecule has 1 aromatic carbocycles. The Balaban J connectivity index is 1.93. The maximum atomic E-state index is 6.48. The van der Waals surface area contributed by atoms with Crippen molar-refractivity contribution < 1.29 is 4.74 Å². The first-order valence-electron chi connectivity index (χ1n) is 9.54. The fourth-order valence-corrected chi connectivity index (χ4v) is 3.93. The summed E-state index contributed by atoms with van der Waals surface area (Å²) in [6, 6.07) is 10.1. The minimum atomic E-state index is -0.122. The fourth-order valence-electron chi connectivity index (χ4n) is 3.15. The second kappa shape index (κ2) is 8.70. The van der Waals surface area contributed by atoms with Gasteiger partial charge in [-0.1, -0.05) is 43.8 Å². The Hall–Kier alpha value is -2.14. The van der Waals surface area contributed by atoms with Crippen LogP contribution in [0.15, 0.2) is 57.7 Å². The molecule has 1 saturated heterocycles. The molecule has 0 N–H and O–H groups in total. The van der Waals surface area contributed by atoms with E-state index >= 15 is 0 Å². The van der Waals surface area contributed by atoms with Crippen molar-refractivity contribution >= 4 is 23.3 Å². The van der Waals surface area contributed by atoms with Crippen molar-refractivity contribution in [2.24, 2.45) is 4.99 Å². The summed E-state index contributed by atoms with van der Waals surface area (Å²) in [5.74, 6) is 0.736. The summed E-state index contributed by atoms with van der Waals surface area (Å²) in [6.45, 7) is 8.44. The van der Waals surface area contributed by atoms with Gasteiger partial charge in [0.15, 0.2) is 5.16 Å². The van der Waals surface area contributed by atoms with Gasteiger partial charge in [-0.2, -0.15) is 0 Å². The van der Waals surface area contributed by atoms with Crippen molar-refractivity contribution in [2.75, 3.05) is 0 Å². The molecule has 2 aromatic rings. The first-order chi connectivity index (χ1) is 13.0. The predicted octanol–water partition coefficient (Wildman–Crippen LogP) is 6.17. The highest BCUT2D eigenvalue weighted by atomic mass is 32.2. The van der Waals surface area contributed by atoms with Crippen molar-refractivity contribution in [2.45, 2.75) is 64.1 Å².